The van der Waals surface area contributed by atoms with E-state index in [-0.39, 0.29) is 11.7 Å². The Kier molecular flexibility index (Phi) is 2.95. The van der Waals surface area contributed by atoms with Gasteiger partial charge >= 0.3 is 0 Å². The lowest BCUT2D eigenvalue weighted by molar-refractivity contribution is 0.102. The molecule has 1 aromatic carbocycles. The maximum Gasteiger partial charge on any atom is 0.255 e. The molecule has 2 heterocycles. The van der Waals surface area contributed by atoms with Crippen molar-refractivity contribution in [3.05, 3.63) is 65.7 Å². The van der Waals surface area contributed by atoms with E-state index in [4.69, 9.17) is 0 Å². The van der Waals surface area contributed by atoms with E-state index < -0.39 is 0 Å². The first-order valence-corrected chi connectivity index (χ1v) is 6.14. The molecule has 0 aliphatic heterocycles. The summed E-state index contributed by atoms with van der Waals surface area (Å²) < 4.78 is 15.1. The van der Waals surface area contributed by atoms with Crippen molar-refractivity contribution >= 4 is 17.1 Å². The summed E-state index contributed by atoms with van der Waals surface area (Å²) in [6.45, 7) is 1.66. The third-order valence-corrected chi connectivity index (χ3v) is 3.09. The van der Waals surface area contributed by atoms with E-state index in [0.717, 1.165) is 5.52 Å². The number of aryl methyl sites for hydroxylation is 1. The number of pyridine rings is 1. The van der Waals surface area contributed by atoms with Crippen LogP contribution >= 0.6 is 0 Å². The van der Waals surface area contributed by atoms with Crippen molar-refractivity contribution in [2.45, 2.75) is 6.92 Å². The smallest absolute Gasteiger partial charge is 0.255 e. The molecule has 0 fully saturated rings. The number of aromatic nitrogens is 2. The minimum atomic E-state index is -0.385. The largest absolute Gasteiger partial charge is 0.322 e. The fraction of sp³-hybridized carbons (Fsp3) is 0.0667. The van der Waals surface area contributed by atoms with E-state index in [1.165, 1.54) is 6.07 Å². The highest BCUT2D eigenvalue weighted by Gasteiger charge is 2.09. The van der Waals surface area contributed by atoms with Gasteiger partial charge in [0.05, 0.1) is 5.52 Å². The summed E-state index contributed by atoms with van der Waals surface area (Å²) in [4.78, 5) is 12.1. The number of carbonyl (C=O) groups is 1. The minimum Gasteiger partial charge on any atom is -0.322 e. The Balaban J connectivity index is 1.85. The molecular weight excluding hydrogens is 257 g/mol. The van der Waals surface area contributed by atoms with E-state index in [0.29, 0.717) is 16.8 Å². The Labute approximate surface area is 114 Å². The van der Waals surface area contributed by atoms with Crippen molar-refractivity contribution in [3.8, 4) is 0 Å². The molecule has 0 radical (unpaired) electrons. The molecule has 0 saturated carbocycles. The van der Waals surface area contributed by atoms with Gasteiger partial charge in [-0.05, 0) is 42.8 Å². The molecule has 100 valence electrons. The highest BCUT2D eigenvalue weighted by Crippen LogP contribution is 2.14. The predicted octanol–water partition coefficient (Wildman–Crippen LogP) is 3.03. The SMILES string of the molecule is Cc1ccc(C(=O)Nc2ccn3nccc3c2)cc1F. The first-order chi connectivity index (χ1) is 9.63. The average molecular weight is 269 g/mol. The van der Waals surface area contributed by atoms with E-state index in [1.54, 1.807) is 48.1 Å². The van der Waals surface area contributed by atoms with Crippen LogP contribution in [-0.4, -0.2) is 15.5 Å². The van der Waals surface area contributed by atoms with E-state index in [2.05, 4.69) is 10.4 Å². The average Bonchev–Trinajstić information content (AvgIpc) is 2.89. The van der Waals surface area contributed by atoms with Crippen LogP contribution in [0.25, 0.3) is 5.52 Å². The van der Waals surface area contributed by atoms with Gasteiger partial charge in [0.1, 0.15) is 5.82 Å². The molecule has 0 saturated heterocycles. The van der Waals surface area contributed by atoms with Gasteiger partial charge in [-0.25, -0.2) is 8.91 Å². The topological polar surface area (TPSA) is 46.4 Å². The quantitative estimate of drug-likeness (QED) is 0.777. The van der Waals surface area contributed by atoms with Gasteiger partial charge < -0.3 is 5.32 Å². The molecular formula is C15H12FN3O. The van der Waals surface area contributed by atoms with Crippen molar-refractivity contribution in [1.82, 2.24) is 9.61 Å². The number of amides is 1. The third kappa shape index (κ3) is 2.25. The molecule has 5 heteroatoms. The van der Waals surface area contributed by atoms with Gasteiger partial charge in [-0.3, -0.25) is 4.79 Å². The molecule has 0 aliphatic carbocycles. The summed E-state index contributed by atoms with van der Waals surface area (Å²) in [6.07, 6.45) is 3.43. The fourth-order valence-electron chi connectivity index (χ4n) is 1.94. The van der Waals surface area contributed by atoms with Crippen LogP contribution in [0.4, 0.5) is 10.1 Å². The van der Waals surface area contributed by atoms with Crippen LogP contribution in [0, 0.1) is 12.7 Å². The molecule has 4 nitrogen and oxygen atoms in total. The molecule has 1 amide bonds. The zero-order chi connectivity index (χ0) is 14.1. The Morgan fingerprint density at radius 2 is 2.10 bits per heavy atom. The molecule has 0 spiro atoms. The number of anilines is 1. The van der Waals surface area contributed by atoms with E-state index >= 15 is 0 Å². The van der Waals surface area contributed by atoms with Gasteiger partial charge in [0.25, 0.3) is 5.91 Å². The Bertz CT molecular complexity index is 795. The van der Waals surface area contributed by atoms with Crippen LogP contribution in [0.5, 0.6) is 0 Å². The van der Waals surface area contributed by atoms with Crippen molar-refractivity contribution in [2.24, 2.45) is 0 Å². The van der Waals surface area contributed by atoms with E-state index in [9.17, 15) is 9.18 Å². The van der Waals surface area contributed by atoms with Crippen LogP contribution in [-0.2, 0) is 0 Å². The number of benzene rings is 1. The second-order valence-corrected chi connectivity index (χ2v) is 4.53. The summed E-state index contributed by atoms with van der Waals surface area (Å²) >= 11 is 0. The second-order valence-electron chi connectivity index (χ2n) is 4.53. The summed E-state index contributed by atoms with van der Waals surface area (Å²) in [5.74, 6) is -0.725. The molecule has 3 rings (SSSR count). The Morgan fingerprint density at radius 3 is 2.90 bits per heavy atom. The fourth-order valence-corrected chi connectivity index (χ4v) is 1.94. The molecule has 0 bridgehead atoms. The number of fused-ring (bicyclic) bond motifs is 1. The summed E-state index contributed by atoms with van der Waals surface area (Å²) in [5.41, 5.74) is 2.32. The van der Waals surface area contributed by atoms with Crippen LogP contribution < -0.4 is 5.32 Å². The number of hydrogen-bond acceptors (Lipinski definition) is 2. The number of nitrogens with one attached hydrogen (secondary N) is 1. The van der Waals surface area contributed by atoms with Gasteiger partial charge in [0.15, 0.2) is 0 Å². The van der Waals surface area contributed by atoms with Crippen LogP contribution in [0.3, 0.4) is 0 Å². The zero-order valence-corrected chi connectivity index (χ0v) is 10.8. The zero-order valence-electron chi connectivity index (χ0n) is 10.8. The van der Waals surface area contributed by atoms with Gasteiger partial charge in [-0.2, -0.15) is 5.10 Å². The predicted molar refractivity (Wildman–Crippen MR) is 74.3 cm³/mol. The summed E-state index contributed by atoms with van der Waals surface area (Å²) in [6, 6.07) is 9.80. The van der Waals surface area contributed by atoms with Crippen molar-refractivity contribution in [3.63, 3.8) is 0 Å². The minimum absolute atomic E-state index is 0.293. The molecule has 0 unspecified atom stereocenters. The number of carbonyl (C=O) groups excluding carboxylic acids is 1. The Morgan fingerprint density at radius 1 is 1.25 bits per heavy atom. The number of hydrogen-bond donors (Lipinski definition) is 1. The van der Waals surface area contributed by atoms with Crippen LogP contribution in [0.2, 0.25) is 0 Å². The van der Waals surface area contributed by atoms with Gasteiger partial charge in [0.2, 0.25) is 0 Å². The highest BCUT2D eigenvalue weighted by atomic mass is 19.1. The lowest BCUT2D eigenvalue weighted by Gasteiger charge is -2.06. The van der Waals surface area contributed by atoms with Gasteiger partial charge in [-0.15, -0.1) is 0 Å². The number of nitrogens with zero attached hydrogens (tertiary/aromatic N) is 2. The third-order valence-electron chi connectivity index (χ3n) is 3.09. The monoisotopic (exact) mass is 269 g/mol. The number of rotatable bonds is 2. The molecule has 3 aromatic rings. The lowest BCUT2D eigenvalue weighted by Crippen LogP contribution is -2.12. The summed E-state index contributed by atoms with van der Waals surface area (Å²) in [5, 5.41) is 6.81. The molecule has 0 aliphatic rings. The number of halogens is 1. The lowest BCUT2D eigenvalue weighted by atomic mass is 10.1. The van der Waals surface area contributed by atoms with E-state index in [1.807, 2.05) is 6.07 Å². The molecule has 2 aromatic heterocycles. The highest BCUT2D eigenvalue weighted by molar-refractivity contribution is 6.04. The van der Waals surface area contributed by atoms with Crippen LogP contribution in [0.15, 0.2) is 48.8 Å². The Hall–Kier alpha value is -2.69. The maximum atomic E-state index is 13.5. The molecule has 20 heavy (non-hydrogen) atoms. The van der Waals surface area contributed by atoms with Crippen molar-refractivity contribution < 1.29 is 9.18 Å². The normalized spacial score (nSPS) is 10.7. The van der Waals surface area contributed by atoms with Gasteiger partial charge in [0, 0.05) is 23.6 Å². The molecule has 1 N–H and O–H groups in total. The first kappa shape index (κ1) is 12.3. The van der Waals surface area contributed by atoms with Gasteiger partial charge in [-0.1, -0.05) is 6.07 Å². The summed E-state index contributed by atoms with van der Waals surface area (Å²) in [7, 11) is 0. The van der Waals surface area contributed by atoms with Crippen molar-refractivity contribution in [2.75, 3.05) is 5.32 Å². The van der Waals surface area contributed by atoms with Crippen LogP contribution in [0.1, 0.15) is 15.9 Å². The van der Waals surface area contributed by atoms with Crippen molar-refractivity contribution in [1.29, 1.82) is 0 Å². The maximum absolute atomic E-state index is 13.5. The first-order valence-electron chi connectivity index (χ1n) is 6.14. The molecule has 0 atom stereocenters. The second kappa shape index (κ2) is 4.77. The standard InChI is InChI=1S/C15H12FN3O/c1-10-2-3-11(8-14(10)16)15(20)18-12-5-7-19-13(9-12)4-6-17-19/h2-9H,1H3,(H,18,20).